The number of amides is 2. The topological polar surface area (TPSA) is 132 Å². The third-order valence-electron chi connectivity index (χ3n) is 5.93. The van der Waals surface area contributed by atoms with E-state index in [9.17, 15) is 9.59 Å². The third-order valence-corrected chi connectivity index (χ3v) is 6.84. The van der Waals surface area contributed by atoms with E-state index >= 15 is 0 Å². The number of hydrogen-bond acceptors (Lipinski definition) is 9. The summed E-state index contributed by atoms with van der Waals surface area (Å²) >= 11 is 1.40. The first kappa shape index (κ1) is 24.9. The van der Waals surface area contributed by atoms with E-state index in [2.05, 4.69) is 30.9 Å². The summed E-state index contributed by atoms with van der Waals surface area (Å²) in [7, 11) is 1.91. The second-order valence-corrected chi connectivity index (χ2v) is 10.8. The molecular weight excluding hydrogens is 494 g/mol. The lowest BCUT2D eigenvalue weighted by atomic mass is 10.0. The van der Waals surface area contributed by atoms with Gasteiger partial charge in [0.2, 0.25) is 5.95 Å². The minimum atomic E-state index is -0.602. The highest BCUT2D eigenvalue weighted by molar-refractivity contribution is 7.17. The molecule has 3 N–H and O–H groups in total. The highest BCUT2D eigenvalue weighted by atomic mass is 32.1. The number of imidazole rings is 1. The molecule has 0 aliphatic carbocycles. The van der Waals surface area contributed by atoms with Gasteiger partial charge >= 0.3 is 6.09 Å². The number of aromatic nitrogens is 4. The van der Waals surface area contributed by atoms with Gasteiger partial charge in [0.05, 0.1) is 58.2 Å². The molecule has 3 aromatic heterocycles. The number of aryl methyl sites for hydroxylation is 1. The maximum absolute atomic E-state index is 13.2. The molecule has 2 amide bonds. The van der Waals surface area contributed by atoms with Crippen LogP contribution in [-0.2, 0) is 16.5 Å². The number of fused-ring (bicyclic) bond motifs is 2. The van der Waals surface area contributed by atoms with Crippen molar-refractivity contribution in [1.82, 2.24) is 24.8 Å². The Morgan fingerprint density at radius 3 is 2.84 bits per heavy atom. The maximum atomic E-state index is 13.2. The van der Waals surface area contributed by atoms with Gasteiger partial charge in [0.25, 0.3) is 5.91 Å². The Bertz CT molecular complexity index is 1460. The predicted molar refractivity (Wildman–Crippen MR) is 142 cm³/mol. The Labute approximate surface area is 217 Å². The van der Waals surface area contributed by atoms with E-state index in [1.54, 1.807) is 17.9 Å². The molecule has 0 bridgehead atoms. The van der Waals surface area contributed by atoms with Crippen molar-refractivity contribution < 1.29 is 19.1 Å². The largest absolute Gasteiger partial charge is 0.444 e. The summed E-state index contributed by atoms with van der Waals surface area (Å²) in [4.78, 5) is 39.0. The van der Waals surface area contributed by atoms with Crippen LogP contribution < -0.4 is 16.0 Å². The van der Waals surface area contributed by atoms with Crippen LogP contribution >= 0.6 is 11.3 Å². The zero-order chi connectivity index (χ0) is 26.2. The summed E-state index contributed by atoms with van der Waals surface area (Å²) in [5.41, 5.74) is 2.68. The highest BCUT2D eigenvalue weighted by Crippen LogP contribution is 2.28. The number of alkyl carbamates (subject to hydrolysis) is 1. The number of nitrogens with one attached hydrogen (secondary N) is 3. The van der Waals surface area contributed by atoms with Crippen LogP contribution in [-0.4, -0.2) is 62.4 Å². The summed E-state index contributed by atoms with van der Waals surface area (Å²) in [6, 6.07) is 5.16. The molecule has 2 atom stereocenters. The van der Waals surface area contributed by atoms with Crippen molar-refractivity contribution in [3.8, 4) is 0 Å². The Kier molecular flexibility index (Phi) is 6.69. The van der Waals surface area contributed by atoms with Crippen LogP contribution in [0, 0.1) is 0 Å². The molecule has 4 heterocycles. The Balaban J connectivity index is 1.34. The maximum Gasteiger partial charge on any atom is 0.408 e. The average Bonchev–Trinajstić information content (AvgIpc) is 3.43. The third kappa shape index (κ3) is 5.49. The van der Waals surface area contributed by atoms with Gasteiger partial charge < -0.3 is 30.0 Å². The lowest BCUT2D eigenvalue weighted by Gasteiger charge is -2.33. The molecule has 37 heavy (non-hydrogen) atoms. The van der Waals surface area contributed by atoms with Crippen molar-refractivity contribution in [1.29, 1.82) is 0 Å². The number of carbonyl (C=O) groups is 2. The summed E-state index contributed by atoms with van der Waals surface area (Å²) in [5.74, 6) is 0.0965. The first-order valence-corrected chi connectivity index (χ1v) is 12.9. The Morgan fingerprint density at radius 2 is 2.03 bits per heavy atom. The van der Waals surface area contributed by atoms with Gasteiger partial charge in [-0.1, -0.05) is 6.07 Å². The molecule has 1 saturated heterocycles. The first-order chi connectivity index (χ1) is 17.7. The Hall–Kier alpha value is -3.77. The van der Waals surface area contributed by atoms with Crippen molar-refractivity contribution >= 4 is 56.2 Å². The summed E-state index contributed by atoms with van der Waals surface area (Å²) in [6.45, 7) is 6.32. The minimum Gasteiger partial charge on any atom is -0.444 e. The normalized spacial score (nSPS) is 18.1. The van der Waals surface area contributed by atoms with Crippen LogP contribution in [0.25, 0.3) is 21.3 Å². The van der Waals surface area contributed by atoms with Crippen LogP contribution in [0.3, 0.4) is 0 Å². The Morgan fingerprint density at radius 1 is 1.19 bits per heavy atom. The van der Waals surface area contributed by atoms with Gasteiger partial charge in [-0.25, -0.2) is 19.7 Å². The van der Waals surface area contributed by atoms with E-state index in [0.29, 0.717) is 42.4 Å². The van der Waals surface area contributed by atoms with Gasteiger partial charge in [0.15, 0.2) is 0 Å². The van der Waals surface area contributed by atoms with E-state index < -0.39 is 11.7 Å². The highest BCUT2D eigenvalue weighted by Gasteiger charge is 2.30. The van der Waals surface area contributed by atoms with Crippen molar-refractivity contribution in [3.63, 3.8) is 0 Å². The van der Waals surface area contributed by atoms with Crippen LogP contribution in [0.2, 0.25) is 0 Å². The predicted octanol–water partition coefficient (Wildman–Crippen LogP) is 3.92. The fourth-order valence-corrected chi connectivity index (χ4v) is 5.03. The van der Waals surface area contributed by atoms with E-state index in [0.717, 1.165) is 15.7 Å². The van der Waals surface area contributed by atoms with Crippen molar-refractivity contribution in [2.45, 2.75) is 44.9 Å². The number of benzene rings is 1. The molecule has 4 aromatic rings. The van der Waals surface area contributed by atoms with Crippen LogP contribution in [0.4, 0.5) is 16.4 Å². The molecule has 11 nitrogen and oxygen atoms in total. The van der Waals surface area contributed by atoms with Gasteiger partial charge in [0.1, 0.15) is 11.1 Å². The molecule has 0 unspecified atom stereocenters. The first-order valence-electron chi connectivity index (χ1n) is 12.0. The summed E-state index contributed by atoms with van der Waals surface area (Å²) in [5, 5.41) is 10.9. The van der Waals surface area contributed by atoms with E-state index in [4.69, 9.17) is 9.47 Å². The van der Waals surface area contributed by atoms with E-state index in [1.807, 2.05) is 50.6 Å². The molecule has 1 aliphatic heterocycles. The lowest BCUT2D eigenvalue weighted by Crippen LogP contribution is -2.53. The standard InChI is InChI=1S/C25H29N7O4S/c1-25(2,3)36-24(34)30-17-11-35-9-8-15(17)29-23-26-10-19-20(31-23)14(12-37-19)22(33)28-16-6-5-7-18-21(16)27-13-32(18)4/h5-7,10,12-13,15,17H,8-9,11H2,1-4H3,(H,28,33)(H,30,34)(H,26,29,31)/t15-,17+/m1/s1. The number of anilines is 2. The van der Waals surface area contributed by atoms with Crippen LogP contribution in [0.5, 0.6) is 0 Å². The van der Waals surface area contributed by atoms with Gasteiger partial charge in [0, 0.05) is 19.0 Å². The fraction of sp³-hybridized carbons (Fsp3) is 0.400. The molecule has 194 valence electrons. The molecule has 12 heteroatoms. The van der Waals surface area contributed by atoms with Crippen molar-refractivity contribution in [3.05, 3.63) is 41.7 Å². The average molecular weight is 524 g/mol. The number of ether oxygens (including phenoxy) is 2. The molecule has 0 saturated carbocycles. The van der Waals surface area contributed by atoms with Gasteiger partial charge in [-0.2, -0.15) is 0 Å². The molecule has 1 aromatic carbocycles. The van der Waals surface area contributed by atoms with Crippen LogP contribution in [0.1, 0.15) is 37.6 Å². The number of hydrogen-bond donors (Lipinski definition) is 3. The van der Waals surface area contributed by atoms with Gasteiger partial charge in [-0.15, -0.1) is 11.3 Å². The van der Waals surface area contributed by atoms with Gasteiger partial charge in [-0.05, 0) is 39.3 Å². The van der Waals surface area contributed by atoms with E-state index in [1.165, 1.54) is 11.3 Å². The molecular formula is C25H29N7O4S. The quantitative estimate of drug-likeness (QED) is 0.359. The number of para-hydroxylation sites is 1. The molecule has 5 rings (SSSR count). The SMILES string of the molecule is Cn1cnc2c(NC(=O)c3csc4cnc(N[C@@H]5CCOC[C@@H]5NC(=O)OC(C)(C)C)nc34)cccc21. The lowest BCUT2D eigenvalue weighted by molar-refractivity contribution is 0.0317. The minimum absolute atomic E-state index is 0.170. The second kappa shape index (κ2) is 9.94. The smallest absolute Gasteiger partial charge is 0.408 e. The number of carbonyl (C=O) groups excluding carboxylic acids is 2. The van der Waals surface area contributed by atoms with E-state index in [-0.39, 0.29) is 18.0 Å². The van der Waals surface area contributed by atoms with Gasteiger partial charge in [-0.3, -0.25) is 4.79 Å². The summed E-state index contributed by atoms with van der Waals surface area (Å²) < 4.78 is 13.7. The second-order valence-electron chi connectivity index (χ2n) is 9.91. The van der Waals surface area contributed by atoms with Crippen LogP contribution in [0.15, 0.2) is 36.1 Å². The molecule has 1 aliphatic rings. The van der Waals surface area contributed by atoms with Crippen molar-refractivity contribution in [2.24, 2.45) is 7.05 Å². The monoisotopic (exact) mass is 523 g/mol. The molecule has 0 radical (unpaired) electrons. The summed E-state index contributed by atoms with van der Waals surface area (Å²) in [6.07, 6.45) is 3.55. The zero-order valence-electron chi connectivity index (χ0n) is 21.1. The number of thiophene rings is 1. The van der Waals surface area contributed by atoms with Crippen molar-refractivity contribution in [2.75, 3.05) is 23.8 Å². The zero-order valence-corrected chi connectivity index (χ0v) is 21.9. The molecule has 1 fully saturated rings. The molecule has 0 spiro atoms. The number of nitrogens with zero attached hydrogens (tertiary/aromatic N) is 4. The number of rotatable bonds is 5. The fourth-order valence-electron chi connectivity index (χ4n) is 4.19.